The Labute approximate surface area is 193 Å². The lowest BCUT2D eigenvalue weighted by Gasteiger charge is -2.34. The summed E-state index contributed by atoms with van der Waals surface area (Å²) in [7, 11) is -3.64. The molecular formula is C23H27N3O4S2. The second-order valence-corrected chi connectivity index (χ2v) is 11.2. The third kappa shape index (κ3) is 5.21. The molecule has 3 heterocycles. The van der Waals surface area contributed by atoms with E-state index < -0.39 is 10.0 Å². The van der Waals surface area contributed by atoms with Crippen molar-refractivity contribution in [3.8, 4) is 6.07 Å². The first-order chi connectivity index (χ1) is 15.5. The van der Waals surface area contributed by atoms with Gasteiger partial charge in [0.25, 0.3) is 0 Å². The summed E-state index contributed by atoms with van der Waals surface area (Å²) in [6, 6.07) is 12.0. The van der Waals surface area contributed by atoms with Gasteiger partial charge in [-0.1, -0.05) is 6.07 Å². The van der Waals surface area contributed by atoms with Gasteiger partial charge in [-0.15, -0.1) is 11.3 Å². The van der Waals surface area contributed by atoms with Crippen molar-refractivity contribution in [2.45, 2.75) is 43.2 Å². The van der Waals surface area contributed by atoms with E-state index in [0.29, 0.717) is 44.6 Å². The predicted octanol–water partition coefficient (Wildman–Crippen LogP) is 3.23. The van der Waals surface area contributed by atoms with Gasteiger partial charge in [0.2, 0.25) is 15.9 Å². The minimum atomic E-state index is -3.64. The molecule has 2 aromatic rings. The third-order valence-electron chi connectivity index (χ3n) is 6.11. The van der Waals surface area contributed by atoms with E-state index in [1.54, 1.807) is 11.3 Å². The van der Waals surface area contributed by atoms with Crippen LogP contribution in [-0.4, -0.2) is 55.9 Å². The Morgan fingerprint density at radius 1 is 1.19 bits per heavy atom. The van der Waals surface area contributed by atoms with Crippen LogP contribution in [0.5, 0.6) is 0 Å². The highest BCUT2D eigenvalue weighted by Gasteiger charge is 2.35. The second kappa shape index (κ2) is 10.1. The fraction of sp³-hybridized carbons (Fsp3) is 0.478. The third-order valence-corrected chi connectivity index (χ3v) is 8.88. The van der Waals surface area contributed by atoms with Crippen LogP contribution in [0.2, 0.25) is 0 Å². The number of carbonyl (C=O) groups is 1. The zero-order chi connectivity index (χ0) is 22.6. The lowest BCUT2D eigenvalue weighted by atomic mass is 9.96. The highest BCUT2D eigenvalue weighted by Crippen LogP contribution is 2.27. The van der Waals surface area contributed by atoms with Crippen LogP contribution < -0.4 is 0 Å². The molecule has 2 fully saturated rings. The molecule has 170 valence electrons. The monoisotopic (exact) mass is 473 g/mol. The smallest absolute Gasteiger partial charge is 0.243 e. The SMILES string of the molecule is N#Cc1ccc(S(=O)(=O)N2CCC(C(=O)N(Cc3cccs3)CC3CCCO3)CC2)cc1. The predicted molar refractivity (Wildman–Crippen MR) is 121 cm³/mol. The van der Waals surface area contributed by atoms with Crippen molar-refractivity contribution in [1.82, 2.24) is 9.21 Å². The number of amides is 1. The van der Waals surface area contributed by atoms with Gasteiger partial charge in [0.05, 0.1) is 29.2 Å². The Hall–Kier alpha value is -2.25. The van der Waals surface area contributed by atoms with Crippen LogP contribution in [0, 0.1) is 17.2 Å². The lowest BCUT2D eigenvalue weighted by Crippen LogP contribution is -2.45. The van der Waals surface area contributed by atoms with Crippen LogP contribution in [0.4, 0.5) is 0 Å². The maximum atomic E-state index is 13.4. The van der Waals surface area contributed by atoms with E-state index in [-0.39, 0.29) is 22.8 Å². The Bertz CT molecular complexity index is 1050. The van der Waals surface area contributed by atoms with Crippen LogP contribution in [0.25, 0.3) is 0 Å². The average molecular weight is 474 g/mol. The average Bonchev–Trinajstić information content (AvgIpc) is 3.53. The van der Waals surface area contributed by atoms with Gasteiger partial charge in [0.15, 0.2) is 0 Å². The molecule has 1 atom stereocenters. The Kier molecular flexibility index (Phi) is 7.26. The largest absolute Gasteiger partial charge is 0.376 e. The number of hydrogen-bond donors (Lipinski definition) is 0. The molecule has 7 nitrogen and oxygen atoms in total. The molecule has 9 heteroatoms. The fourth-order valence-corrected chi connectivity index (χ4v) is 6.50. The number of carbonyl (C=O) groups excluding carboxylic acids is 1. The number of benzene rings is 1. The van der Waals surface area contributed by atoms with Gasteiger partial charge in [-0.25, -0.2) is 8.42 Å². The number of nitrogens with zero attached hydrogens (tertiary/aromatic N) is 3. The minimum absolute atomic E-state index is 0.0794. The topological polar surface area (TPSA) is 90.7 Å². The molecule has 1 amide bonds. The molecular weight excluding hydrogens is 446 g/mol. The normalized spacial score (nSPS) is 20.2. The molecule has 0 saturated carbocycles. The van der Waals surface area contributed by atoms with Crippen LogP contribution in [0.3, 0.4) is 0 Å². The van der Waals surface area contributed by atoms with Gasteiger partial charge < -0.3 is 9.64 Å². The van der Waals surface area contributed by atoms with Crippen molar-refractivity contribution >= 4 is 27.3 Å². The van der Waals surface area contributed by atoms with Crippen LogP contribution in [0.1, 0.15) is 36.1 Å². The van der Waals surface area contributed by atoms with Gasteiger partial charge in [-0.05, 0) is 61.4 Å². The van der Waals surface area contributed by atoms with E-state index in [1.807, 2.05) is 28.5 Å². The van der Waals surface area contributed by atoms with Crippen molar-refractivity contribution in [2.24, 2.45) is 5.92 Å². The molecule has 0 N–H and O–H groups in total. The van der Waals surface area contributed by atoms with Crippen LogP contribution >= 0.6 is 11.3 Å². The van der Waals surface area contributed by atoms with Gasteiger partial charge >= 0.3 is 0 Å². The Morgan fingerprint density at radius 3 is 2.53 bits per heavy atom. The summed E-state index contributed by atoms with van der Waals surface area (Å²) in [6.45, 7) is 2.52. The molecule has 2 aliphatic heterocycles. The molecule has 4 rings (SSSR count). The number of piperidine rings is 1. The number of hydrogen-bond acceptors (Lipinski definition) is 6. The minimum Gasteiger partial charge on any atom is -0.376 e. The fourth-order valence-electron chi connectivity index (χ4n) is 4.31. The summed E-state index contributed by atoms with van der Waals surface area (Å²) in [4.78, 5) is 16.6. The molecule has 0 radical (unpaired) electrons. The van der Waals surface area contributed by atoms with Gasteiger partial charge in [0, 0.05) is 37.0 Å². The van der Waals surface area contributed by atoms with Crippen molar-refractivity contribution < 1.29 is 17.9 Å². The summed E-state index contributed by atoms with van der Waals surface area (Å²) in [5, 5.41) is 10.9. The van der Waals surface area contributed by atoms with Crippen molar-refractivity contribution in [3.63, 3.8) is 0 Å². The molecule has 1 unspecified atom stereocenters. The number of rotatable bonds is 7. The molecule has 0 bridgehead atoms. The first-order valence-corrected chi connectivity index (χ1v) is 13.2. The molecule has 1 aromatic heterocycles. The number of sulfonamides is 1. The van der Waals surface area contributed by atoms with E-state index in [0.717, 1.165) is 24.3 Å². The summed E-state index contributed by atoms with van der Waals surface area (Å²) in [5.74, 6) is -0.104. The molecule has 0 spiro atoms. The van der Waals surface area contributed by atoms with E-state index in [4.69, 9.17) is 10.00 Å². The zero-order valence-electron chi connectivity index (χ0n) is 17.9. The maximum Gasteiger partial charge on any atom is 0.243 e. The molecule has 0 aliphatic carbocycles. The quantitative estimate of drug-likeness (QED) is 0.616. The highest BCUT2D eigenvalue weighted by molar-refractivity contribution is 7.89. The highest BCUT2D eigenvalue weighted by atomic mass is 32.2. The first kappa shape index (κ1) is 22.9. The number of ether oxygens (including phenoxy) is 1. The van der Waals surface area contributed by atoms with E-state index in [2.05, 4.69) is 0 Å². The lowest BCUT2D eigenvalue weighted by molar-refractivity contribution is -0.139. The van der Waals surface area contributed by atoms with Crippen molar-refractivity contribution in [1.29, 1.82) is 5.26 Å². The van der Waals surface area contributed by atoms with Crippen LogP contribution in [-0.2, 0) is 26.1 Å². The maximum absolute atomic E-state index is 13.4. The summed E-state index contributed by atoms with van der Waals surface area (Å²) >= 11 is 1.63. The Morgan fingerprint density at radius 2 is 1.94 bits per heavy atom. The standard InChI is InChI=1S/C23H27N3O4S2/c24-15-18-5-7-22(8-6-18)32(28,29)26-11-9-19(10-12-26)23(27)25(16-20-3-1-13-30-20)17-21-4-2-14-31-21/h2,4-8,14,19-20H,1,3,9-13,16-17H2. The summed E-state index contributed by atoms with van der Waals surface area (Å²) in [6.07, 6.45) is 3.07. The van der Waals surface area contributed by atoms with E-state index >= 15 is 0 Å². The first-order valence-electron chi connectivity index (χ1n) is 10.9. The zero-order valence-corrected chi connectivity index (χ0v) is 19.5. The van der Waals surface area contributed by atoms with Crippen LogP contribution in [0.15, 0.2) is 46.7 Å². The van der Waals surface area contributed by atoms with E-state index in [1.165, 1.54) is 28.6 Å². The van der Waals surface area contributed by atoms with Gasteiger partial charge in [-0.2, -0.15) is 9.57 Å². The van der Waals surface area contributed by atoms with E-state index in [9.17, 15) is 13.2 Å². The number of thiophene rings is 1. The molecule has 2 saturated heterocycles. The second-order valence-electron chi connectivity index (χ2n) is 8.25. The summed E-state index contributed by atoms with van der Waals surface area (Å²) < 4.78 is 33.2. The van der Waals surface area contributed by atoms with Gasteiger partial charge in [0.1, 0.15) is 0 Å². The molecule has 32 heavy (non-hydrogen) atoms. The summed E-state index contributed by atoms with van der Waals surface area (Å²) in [5.41, 5.74) is 0.422. The van der Waals surface area contributed by atoms with Crippen molar-refractivity contribution in [3.05, 3.63) is 52.2 Å². The molecule has 1 aromatic carbocycles. The molecule has 2 aliphatic rings. The Balaban J connectivity index is 1.40. The van der Waals surface area contributed by atoms with Gasteiger partial charge in [-0.3, -0.25) is 4.79 Å². The number of nitriles is 1. The van der Waals surface area contributed by atoms with Crippen molar-refractivity contribution in [2.75, 3.05) is 26.2 Å².